The SMILES string of the molecule is O=C1CC(NC(=O)CCCl)C(=O)N1. The fourth-order valence-corrected chi connectivity index (χ4v) is 1.19. The molecule has 13 heavy (non-hydrogen) atoms. The van der Waals surface area contributed by atoms with Crippen LogP contribution in [-0.4, -0.2) is 29.6 Å². The second-order valence-corrected chi connectivity index (χ2v) is 3.05. The van der Waals surface area contributed by atoms with E-state index in [1.165, 1.54) is 0 Å². The highest BCUT2D eigenvalue weighted by Crippen LogP contribution is 2.01. The molecule has 0 aliphatic carbocycles. The third-order valence-electron chi connectivity index (χ3n) is 1.63. The van der Waals surface area contributed by atoms with Crippen molar-refractivity contribution in [3.05, 3.63) is 0 Å². The van der Waals surface area contributed by atoms with Gasteiger partial charge in [0.25, 0.3) is 0 Å². The maximum atomic E-state index is 11.0. The van der Waals surface area contributed by atoms with Crippen LogP contribution in [0.1, 0.15) is 12.8 Å². The smallest absolute Gasteiger partial charge is 0.249 e. The summed E-state index contributed by atoms with van der Waals surface area (Å²) in [7, 11) is 0. The molecule has 72 valence electrons. The van der Waals surface area contributed by atoms with Crippen molar-refractivity contribution in [1.29, 1.82) is 0 Å². The van der Waals surface area contributed by atoms with E-state index in [0.717, 1.165) is 0 Å². The Balaban J connectivity index is 2.41. The normalized spacial score (nSPS) is 21.5. The third kappa shape index (κ3) is 2.69. The van der Waals surface area contributed by atoms with Crippen molar-refractivity contribution in [1.82, 2.24) is 10.6 Å². The van der Waals surface area contributed by atoms with Crippen molar-refractivity contribution in [2.45, 2.75) is 18.9 Å². The minimum absolute atomic E-state index is 0.0207. The summed E-state index contributed by atoms with van der Waals surface area (Å²) in [6.45, 7) is 0. The van der Waals surface area contributed by atoms with Gasteiger partial charge in [0, 0.05) is 12.3 Å². The summed E-state index contributed by atoms with van der Waals surface area (Å²) in [5, 5.41) is 4.49. The monoisotopic (exact) mass is 204 g/mol. The molecule has 1 rings (SSSR count). The zero-order valence-electron chi connectivity index (χ0n) is 6.80. The highest BCUT2D eigenvalue weighted by molar-refractivity contribution is 6.19. The van der Waals surface area contributed by atoms with E-state index in [2.05, 4.69) is 10.6 Å². The molecule has 5 nitrogen and oxygen atoms in total. The zero-order chi connectivity index (χ0) is 9.84. The number of rotatable bonds is 3. The van der Waals surface area contributed by atoms with Crippen molar-refractivity contribution >= 4 is 29.3 Å². The lowest BCUT2D eigenvalue weighted by molar-refractivity contribution is -0.128. The van der Waals surface area contributed by atoms with Crippen LogP contribution in [0.4, 0.5) is 0 Å². The van der Waals surface area contributed by atoms with E-state index in [4.69, 9.17) is 11.6 Å². The third-order valence-corrected chi connectivity index (χ3v) is 1.81. The Kier molecular flexibility index (Phi) is 3.25. The number of hydrogen-bond donors (Lipinski definition) is 2. The lowest BCUT2D eigenvalue weighted by Crippen LogP contribution is -2.40. The summed E-state index contributed by atoms with van der Waals surface area (Å²) in [5.74, 6) is -0.923. The van der Waals surface area contributed by atoms with Crippen LogP contribution in [0.25, 0.3) is 0 Å². The van der Waals surface area contributed by atoms with Crippen LogP contribution in [0.5, 0.6) is 0 Å². The van der Waals surface area contributed by atoms with Crippen molar-refractivity contribution < 1.29 is 14.4 Å². The highest BCUT2D eigenvalue weighted by atomic mass is 35.5. The molecule has 0 aromatic carbocycles. The lowest BCUT2D eigenvalue weighted by atomic mass is 10.2. The summed E-state index contributed by atoms with van der Waals surface area (Å²) < 4.78 is 0. The minimum Gasteiger partial charge on any atom is -0.344 e. The molecular weight excluding hydrogens is 196 g/mol. The van der Waals surface area contributed by atoms with E-state index in [-0.39, 0.29) is 30.5 Å². The van der Waals surface area contributed by atoms with Gasteiger partial charge in [-0.05, 0) is 0 Å². The van der Waals surface area contributed by atoms with Crippen molar-refractivity contribution in [2.75, 3.05) is 5.88 Å². The zero-order valence-corrected chi connectivity index (χ0v) is 7.56. The molecule has 0 radical (unpaired) electrons. The number of hydrogen-bond acceptors (Lipinski definition) is 3. The van der Waals surface area contributed by atoms with Gasteiger partial charge in [-0.2, -0.15) is 0 Å². The summed E-state index contributed by atoms with van der Waals surface area (Å²) in [6, 6.07) is -0.719. The predicted octanol–water partition coefficient (Wildman–Crippen LogP) is -0.853. The Morgan fingerprint density at radius 2 is 2.31 bits per heavy atom. The van der Waals surface area contributed by atoms with Gasteiger partial charge in [-0.1, -0.05) is 0 Å². The largest absolute Gasteiger partial charge is 0.344 e. The van der Waals surface area contributed by atoms with Gasteiger partial charge >= 0.3 is 0 Å². The van der Waals surface area contributed by atoms with Crippen molar-refractivity contribution in [3.8, 4) is 0 Å². The molecule has 1 aliphatic rings. The molecule has 0 saturated carbocycles. The number of amides is 3. The summed E-state index contributed by atoms with van der Waals surface area (Å²) >= 11 is 5.32. The number of imide groups is 1. The molecule has 1 heterocycles. The Morgan fingerprint density at radius 1 is 1.62 bits per heavy atom. The van der Waals surface area contributed by atoms with E-state index in [1.807, 2.05) is 0 Å². The molecule has 1 saturated heterocycles. The number of nitrogens with one attached hydrogen (secondary N) is 2. The number of carbonyl (C=O) groups is 3. The topological polar surface area (TPSA) is 75.3 Å². The van der Waals surface area contributed by atoms with Gasteiger partial charge in [-0.15, -0.1) is 11.6 Å². The first kappa shape index (κ1) is 9.98. The maximum Gasteiger partial charge on any atom is 0.249 e. The van der Waals surface area contributed by atoms with Gasteiger partial charge in [0.2, 0.25) is 17.7 Å². The maximum absolute atomic E-state index is 11.0. The summed E-state index contributed by atoms with van der Waals surface area (Å²) in [6.07, 6.45) is 0.173. The molecule has 1 aliphatic heterocycles. The molecule has 6 heteroatoms. The van der Waals surface area contributed by atoms with Gasteiger partial charge in [-0.3, -0.25) is 19.7 Å². The summed E-state index contributed by atoms with van der Waals surface area (Å²) in [4.78, 5) is 32.6. The number of halogens is 1. The Hall–Kier alpha value is -1.10. The van der Waals surface area contributed by atoms with Gasteiger partial charge in [0.1, 0.15) is 6.04 Å². The molecule has 0 aromatic rings. The van der Waals surface area contributed by atoms with Gasteiger partial charge < -0.3 is 5.32 Å². The molecule has 3 amide bonds. The fraction of sp³-hybridized carbons (Fsp3) is 0.571. The van der Waals surface area contributed by atoms with E-state index >= 15 is 0 Å². The fourth-order valence-electron chi connectivity index (χ4n) is 1.02. The van der Waals surface area contributed by atoms with E-state index < -0.39 is 11.9 Å². The average molecular weight is 205 g/mol. The molecule has 0 aromatic heterocycles. The summed E-state index contributed by atoms with van der Waals surface area (Å²) in [5.41, 5.74) is 0. The van der Waals surface area contributed by atoms with Crippen molar-refractivity contribution in [2.24, 2.45) is 0 Å². The highest BCUT2D eigenvalue weighted by Gasteiger charge is 2.31. The van der Waals surface area contributed by atoms with Crippen molar-refractivity contribution in [3.63, 3.8) is 0 Å². The first-order valence-electron chi connectivity index (χ1n) is 3.82. The molecule has 1 unspecified atom stereocenters. The predicted molar refractivity (Wildman–Crippen MR) is 45.0 cm³/mol. The molecule has 2 N–H and O–H groups in total. The number of carbonyl (C=O) groups excluding carboxylic acids is 3. The first-order valence-corrected chi connectivity index (χ1v) is 4.36. The Bertz CT molecular complexity index is 254. The molecule has 0 bridgehead atoms. The average Bonchev–Trinajstić information content (AvgIpc) is 2.30. The molecule has 0 spiro atoms. The lowest BCUT2D eigenvalue weighted by Gasteiger charge is -2.07. The minimum atomic E-state index is -0.719. The van der Waals surface area contributed by atoms with Crippen LogP contribution in [-0.2, 0) is 14.4 Å². The van der Waals surface area contributed by atoms with E-state index in [0.29, 0.717) is 0 Å². The van der Waals surface area contributed by atoms with Crippen LogP contribution in [0, 0.1) is 0 Å². The second-order valence-electron chi connectivity index (χ2n) is 2.68. The van der Waals surface area contributed by atoms with Gasteiger partial charge in [-0.25, -0.2) is 0 Å². The Morgan fingerprint density at radius 3 is 2.77 bits per heavy atom. The van der Waals surface area contributed by atoms with E-state index in [9.17, 15) is 14.4 Å². The quantitative estimate of drug-likeness (QED) is 0.464. The molecule has 1 atom stereocenters. The van der Waals surface area contributed by atoms with Crippen LogP contribution in [0.15, 0.2) is 0 Å². The molecular formula is C7H9ClN2O3. The first-order chi connectivity index (χ1) is 6.13. The standard InChI is InChI=1S/C7H9ClN2O3/c8-2-1-5(11)9-4-3-6(12)10-7(4)13/h4H,1-3H2,(H,9,11)(H,10,12,13). The van der Waals surface area contributed by atoms with E-state index in [1.54, 1.807) is 0 Å². The Labute approximate surface area is 79.8 Å². The van der Waals surface area contributed by atoms with Crippen LogP contribution in [0.3, 0.4) is 0 Å². The van der Waals surface area contributed by atoms with Gasteiger partial charge in [0.15, 0.2) is 0 Å². The van der Waals surface area contributed by atoms with Crippen LogP contribution in [0.2, 0.25) is 0 Å². The number of alkyl halides is 1. The van der Waals surface area contributed by atoms with Gasteiger partial charge in [0.05, 0.1) is 6.42 Å². The van der Waals surface area contributed by atoms with Crippen LogP contribution < -0.4 is 10.6 Å². The second kappa shape index (κ2) is 4.23. The molecule has 1 fully saturated rings. The van der Waals surface area contributed by atoms with Crippen LogP contribution >= 0.6 is 11.6 Å².